The Morgan fingerprint density at radius 3 is 2.55 bits per heavy atom. The van der Waals surface area contributed by atoms with E-state index in [2.05, 4.69) is 55.2 Å². The zero-order valence-electron chi connectivity index (χ0n) is 12.0. The summed E-state index contributed by atoms with van der Waals surface area (Å²) < 4.78 is 5.67. The Labute approximate surface area is 121 Å². The summed E-state index contributed by atoms with van der Waals surface area (Å²) in [7, 11) is 0. The standard InChI is InChI=1S/C18H21NO/c1-3-12-20-18-7-5-4-6-17(18)14-19-13-16-10-8-15(2)9-11-16/h3-11,19H,1,12-14H2,2H3/p+1. The zero-order valence-corrected chi connectivity index (χ0v) is 12.0. The first-order chi connectivity index (χ1) is 9.79. The van der Waals surface area contributed by atoms with Crippen molar-refractivity contribution < 1.29 is 10.1 Å². The van der Waals surface area contributed by atoms with E-state index >= 15 is 0 Å². The molecule has 2 aromatic carbocycles. The molecule has 2 aromatic rings. The zero-order chi connectivity index (χ0) is 14.2. The van der Waals surface area contributed by atoms with Crippen molar-refractivity contribution in [3.63, 3.8) is 0 Å². The summed E-state index contributed by atoms with van der Waals surface area (Å²) >= 11 is 0. The van der Waals surface area contributed by atoms with Gasteiger partial charge in [0.1, 0.15) is 25.4 Å². The molecule has 2 rings (SSSR count). The fraction of sp³-hybridized carbons (Fsp3) is 0.222. The fourth-order valence-corrected chi connectivity index (χ4v) is 2.08. The van der Waals surface area contributed by atoms with E-state index in [1.807, 2.05) is 12.1 Å². The quantitative estimate of drug-likeness (QED) is 0.768. The van der Waals surface area contributed by atoms with Crippen molar-refractivity contribution in [3.05, 3.63) is 77.9 Å². The second kappa shape index (κ2) is 7.51. The van der Waals surface area contributed by atoms with Crippen LogP contribution in [0.4, 0.5) is 0 Å². The lowest BCUT2D eigenvalue weighted by atomic mass is 10.1. The second-order valence-electron chi connectivity index (χ2n) is 4.89. The first-order valence-electron chi connectivity index (χ1n) is 6.98. The van der Waals surface area contributed by atoms with Crippen LogP contribution in [0.5, 0.6) is 5.75 Å². The van der Waals surface area contributed by atoms with Gasteiger partial charge in [-0.15, -0.1) is 0 Å². The third kappa shape index (κ3) is 4.25. The van der Waals surface area contributed by atoms with Gasteiger partial charge in [-0.25, -0.2) is 0 Å². The topological polar surface area (TPSA) is 25.8 Å². The van der Waals surface area contributed by atoms with Gasteiger partial charge in [-0.1, -0.05) is 54.6 Å². The van der Waals surface area contributed by atoms with Crippen molar-refractivity contribution in [2.45, 2.75) is 20.0 Å². The van der Waals surface area contributed by atoms with E-state index in [0.717, 1.165) is 18.8 Å². The first-order valence-corrected chi connectivity index (χ1v) is 6.98. The molecule has 2 N–H and O–H groups in total. The average Bonchev–Trinajstić information content (AvgIpc) is 2.48. The smallest absolute Gasteiger partial charge is 0.128 e. The van der Waals surface area contributed by atoms with Crippen LogP contribution in [0.3, 0.4) is 0 Å². The minimum atomic E-state index is 0.551. The largest absolute Gasteiger partial charge is 0.489 e. The number of quaternary nitrogens is 1. The van der Waals surface area contributed by atoms with Gasteiger partial charge in [0.15, 0.2) is 0 Å². The van der Waals surface area contributed by atoms with E-state index in [1.165, 1.54) is 16.7 Å². The van der Waals surface area contributed by atoms with Crippen molar-refractivity contribution in [3.8, 4) is 5.75 Å². The lowest BCUT2D eigenvalue weighted by Gasteiger charge is -2.09. The van der Waals surface area contributed by atoms with Gasteiger partial charge in [0.2, 0.25) is 0 Å². The monoisotopic (exact) mass is 268 g/mol. The number of aryl methyl sites for hydroxylation is 1. The molecule has 0 saturated carbocycles. The van der Waals surface area contributed by atoms with Gasteiger partial charge >= 0.3 is 0 Å². The molecule has 0 aliphatic heterocycles. The van der Waals surface area contributed by atoms with Crippen LogP contribution >= 0.6 is 0 Å². The molecule has 0 aromatic heterocycles. The van der Waals surface area contributed by atoms with Crippen LogP contribution in [0.25, 0.3) is 0 Å². The molecule has 0 radical (unpaired) electrons. The van der Waals surface area contributed by atoms with Crippen LogP contribution in [0.15, 0.2) is 61.2 Å². The summed E-state index contributed by atoms with van der Waals surface area (Å²) in [6.07, 6.45) is 1.77. The van der Waals surface area contributed by atoms with E-state index in [-0.39, 0.29) is 0 Å². The average molecular weight is 268 g/mol. The van der Waals surface area contributed by atoms with Gasteiger partial charge < -0.3 is 10.1 Å². The summed E-state index contributed by atoms with van der Waals surface area (Å²) in [6.45, 7) is 8.24. The lowest BCUT2D eigenvalue weighted by molar-refractivity contribution is -0.686. The maximum atomic E-state index is 5.67. The molecule has 0 unspecified atom stereocenters. The van der Waals surface area contributed by atoms with Crippen LogP contribution in [-0.2, 0) is 13.1 Å². The Balaban J connectivity index is 1.90. The van der Waals surface area contributed by atoms with E-state index in [4.69, 9.17) is 4.74 Å². The van der Waals surface area contributed by atoms with Crippen LogP contribution in [-0.4, -0.2) is 6.61 Å². The Morgan fingerprint density at radius 2 is 1.80 bits per heavy atom. The molecule has 20 heavy (non-hydrogen) atoms. The highest BCUT2D eigenvalue weighted by atomic mass is 16.5. The number of rotatable bonds is 7. The molecule has 0 saturated heterocycles. The molecule has 2 nitrogen and oxygen atoms in total. The van der Waals surface area contributed by atoms with Gasteiger partial charge in [-0.2, -0.15) is 0 Å². The number of para-hydroxylation sites is 1. The summed E-state index contributed by atoms with van der Waals surface area (Å²) in [5, 5.41) is 2.29. The molecule has 0 aliphatic rings. The minimum Gasteiger partial charge on any atom is -0.489 e. The maximum absolute atomic E-state index is 5.67. The predicted molar refractivity (Wildman–Crippen MR) is 82.6 cm³/mol. The van der Waals surface area contributed by atoms with Crippen LogP contribution in [0.1, 0.15) is 16.7 Å². The van der Waals surface area contributed by atoms with Crippen molar-refractivity contribution in [1.82, 2.24) is 0 Å². The normalized spacial score (nSPS) is 10.2. The Kier molecular flexibility index (Phi) is 5.39. The molecule has 0 amide bonds. The predicted octanol–water partition coefficient (Wildman–Crippen LogP) is 2.82. The third-order valence-corrected chi connectivity index (χ3v) is 3.19. The molecule has 2 heteroatoms. The summed E-state index contributed by atoms with van der Waals surface area (Å²) in [5.74, 6) is 0.951. The first kappa shape index (κ1) is 14.4. The van der Waals surface area contributed by atoms with Gasteiger partial charge in [0.25, 0.3) is 0 Å². The molecule has 0 heterocycles. The second-order valence-corrected chi connectivity index (χ2v) is 4.89. The highest BCUT2D eigenvalue weighted by molar-refractivity contribution is 5.32. The van der Waals surface area contributed by atoms with E-state index in [9.17, 15) is 0 Å². The van der Waals surface area contributed by atoms with Gasteiger partial charge in [-0.05, 0) is 19.1 Å². The fourth-order valence-electron chi connectivity index (χ4n) is 2.08. The van der Waals surface area contributed by atoms with E-state index in [0.29, 0.717) is 6.61 Å². The molecule has 0 fully saturated rings. The number of nitrogens with two attached hydrogens (primary N) is 1. The molecule has 0 atom stereocenters. The molecule has 0 spiro atoms. The van der Waals surface area contributed by atoms with Gasteiger partial charge in [-0.3, -0.25) is 0 Å². The molecule has 0 bridgehead atoms. The van der Waals surface area contributed by atoms with Crippen molar-refractivity contribution >= 4 is 0 Å². The minimum absolute atomic E-state index is 0.551. The molecule has 0 aliphatic carbocycles. The summed E-state index contributed by atoms with van der Waals surface area (Å²) in [6, 6.07) is 16.9. The molecule has 104 valence electrons. The highest BCUT2D eigenvalue weighted by Crippen LogP contribution is 2.16. The number of benzene rings is 2. The van der Waals surface area contributed by atoms with Crippen molar-refractivity contribution in [2.75, 3.05) is 6.61 Å². The lowest BCUT2D eigenvalue weighted by Crippen LogP contribution is -2.80. The van der Waals surface area contributed by atoms with Gasteiger partial charge in [0.05, 0.1) is 0 Å². The van der Waals surface area contributed by atoms with E-state index < -0.39 is 0 Å². The SMILES string of the molecule is C=CCOc1ccccc1C[NH2+]Cc1ccc(C)cc1. The Bertz CT molecular complexity index is 546. The van der Waals surface area contributed by atoms with E-state index in [1.54, 1.807) is 6.08 Å². The number of hydrogen-bond acceptors (Lipinski definition) is 1. The van der Waals surface area contributed by atoms with Crippen molar-refractivity contribution in [1.29, 1.82) is 0 Å². The Morgan fingerprint density at radius 1 is 1.05 bits per heavy atom. The number of hydrogen-bond donors (Lipinski definition) is 1. The maximum Gasteiger partial charge on any atom is 0.128 e. The number of ether oxygens (including phenoxy) is 1. The van der Waals surface area contributed by atoms with Crippen LogP contribution in [0, 0.1) is 6.92 Å². The van der Waals surface area contributed by atoms with Crippen molar-refractivity contribution in [2.24, 2.45) is 0 Å². The third-order valence-electron chi connectivity index (χ3n) is 3.19. The summed E-state index contributed by atoms with van der Waals surface area (Å²) in [4.78, 5) is 0. The van der Waals surface area contributed by atoms with Crippen LogP contribution < -0.4 is 10.1 Å². The van der Waals surface area contributed by atoms with Crippen LogP contribution in [0.2, 0.25) is 0 Å². The molecular formula is C18H22NO+. The van der Waals surface area contributed by atoms with Gasteiger partial charge in [0, 0.05) is 11.1 Å². The Hall–Kier alpha value is -2.06. The highest BCUT2D eigenvalue weighted by Gasteiger charge is 2.04. The molecular weight excluding hydrogens is 246 g/mol. The summed E-state index contributed by atoms with van der Waals surface area (Å²) in [5.41, 5.74) is 3.87.